The first-order chi connectivity index (χ1) is 17.4. The van der Waals surface area contributed by atoms with Crippen LogP contribution in [0.15, 0.2) is 76.8 Å². The molecule has 0 unspecified atom stereocenters. The van der Waals surface area contributed by atoms with Gasteiger partial charge < -0.3 is 4.74 Å². The monoisotopic (exact) mass is 575 g/mol. The molecule has 3 aromatic rings. The molecule has 1 saturated heterocycles. The topological polar surface area (TPSA) is 119 Å². The molecule has 9 nitrogen and oxygen atoms in total. The average Bonchev–Trinajstić information content (AvgIpc) is 2.83. The van der Waals surface area contributed by atoms with Crippen LogP contribution in [0.2, 0.25) is 0 Å². The maximum Gasteiger partial charge on any atom is 0.416 e. The fourth-order valence-electron chi connectivity index (χ4n) is 3.33. The van der Waals surface area contributed by atoms with Crippen LogP contribution >= 0.6 is 15.9 Å². The zero-order valence-electron chi connectivity index (χ0n) is 18.3. The standard InChI is InChI=1S/C24H13BrF3N3O6/c25-15-4-6-16(7-5-15)30-22(33)18(21(32)29-23(30)34)11-13-1-8-17(9-2-13)37-20-10-3-14(24(26,27)28)12-19(20)31(35)36/h1-12H,(H,29,32,34)/b18-11+. The highest BCUT2D eigenvalue weighted by Crippen LogP contribution is 2.38. The molecule has 0 radical (unpaired) electrons. The van der Waals surface area contributed by atoms with E-state index in [1.165, 1.54) is 42.5 Å². The third-order valence-corrected chi connectivity index (χ3v) is 5.62. The van der Waals surface area contributed by atoms with E-state index in [0.29, 0.717) is 17.7 Å². The zero-order valence-corrected chi connectivity index (χ0v) is 19.9. The Balaban J connectivity index is 1.58. The summed E-state index contributed by atoms with van der Waals surface area (Å²) in [5.74, 6) is -2.11. The van der Waals surface area contributed by atoms with Crippen LogP contribution in [0, 0.1) is 10.1 Å². The summed E-state index contributed by atoms with van der Waals surface area (Å²) in [5, 5.41) is 13.3. The maximum absolute atomic E-state index is 12.9. The minimum atomic E-state index is -4.77. The maximum atomic E-state index is 12.9. The van der Waals surface area contributed by atoms with E-state index in [9.17, 15) is 37.7 Å². The smallest absolute Gasteiger partial charge is 0.416 e. The number of alkyl halides is 3. The Bertz CT molecular complexity index is 1450. The molecule has 0 atom stereocenters. The van der Waals surface area contributed by atoms with Crippen LogP contribution in [0.1, 0.15) is 11.1 Å². The van der Waals surface area contributed by atoms with Crippen LogP contribution in [0.4, 0.5) is 29.3 Å². The number of nitrogens with one attached hydrogen (secondary N) is 1. The predicted octanol–water partition coefficient (Wildman–Crippen LogP) is 5.83. The third-order valence-electron chi connectivity index (χ3n) is 5.09. The number of carbonyl (C=O) groups is 3. The van der Waals surface area contributed by atoms with Gasteiger partial charge in [0.2, 0.25) is 5.75 Å². The molecule has 0 bridgehead atoms. The molecule has 1 aliphatic heterocycles. The van der Waals surface area contributed by atoms with Gasteiger partial charge in [-0.25, -0.2) is 9.69 Å². The van der Waals surface area contributed by atoms with Gasteiger partial charge >= 0.3 is 17.9 Å². The van der Waals surface area contributed by atoms with E-state index in [4.69, 9.17) is 4.74 Å². The molecule has 0 saturated carbocycles. The summed E-state index contributed by atoms with van der Waals surface area (Å²) in [6.45, 7) is 0. The second-order valence-electron chi connectivity index (χ2n) is 7.54. The largest absolute Gasteiger partial charge is 0.450 e. The van der Waals surface area contributed by atoms with Gasteiger partial charge in [0, 0.05) is 10.5 Å². The summed E-state index contributed by atoms with van der Waals surface area (Å²) < 4.78 is 44.8. The van der Waals surface area contributed by atoms with E-state index in [2.05, 4.69) is 21.2 Å². The van der Waals surface area contributed by atoms with Gasteiger partial charge in [-0.05, 0) is 60.2 Å². The van der Waals surface area contributed by atoms with Gasteiger partial charge in [-0.2, -0.15) is 13.2 Å². The molecule has 1 fully saturated rings. The van der Waals surface area contributed by atoms with Crippen molar-refractivity contribution in [1.29, 1.82) is 0 Å². The summed E-state index contributed by atoms with van der Waals surface area (Å²) in [7, 11) is 0. The lowest BCUT2D eigenvalue weighted by molar-refractivity contribution is -0.385. The number of halogens is 4. The molecular weight excluding hydrogens is 563 g/mol. The third kappa shape index (κ3) is 5.51. The Kier molecular flexibility index (Phi) is 6.81. The van der Waals surface area contributed by atoms with Crippen molar-refractivity contribution in [3.63, 3.8) is 0 Å². The number of nitro groups is 1. The number of nitrogens with zero attached hydrogens (tertiary/aromatic N) is 2. The van der Waals surface area contributed by atoms with E-state index in [1.807, 2.05) is 0 Å². The lowest BCUT2D eigenvalue weighted by Crippen LogP contribution is -2.54. The van der Waals surface area contributed by atoms with Crippen LogP contribution in [-0.4, -0.2) is 22.8 Å². The number of barbiturate groups is 1. The molecule has 3 aromatic carbocycles. The number of urea groups is 1. The first-order valence-corrected chi connectivity index (χ1v) is 11.0. The highest BCUT2D eigenvalue weighted by atomic mass is 79.9. The van der Waals surface area contributed by atoms with Gasteiger partial charge in [-0.3, -0.25) is 25.0 Å². The lowest BCUT2D eigenvalue weighted by Gasteiger charge is -2.26. The van der Waals surface area contributed by atoms with Crippen molar-refractivity contribution in [2.24, 2.45) is 0 Å². The van der Waals surface area contributed by atoms with E-state index in [0.717, 1.165) is 15.4 Å². The Morgan fingerprint density at radius 1 is 0.973 bits per heavy atom. The van der Waals surface area contributed by atoms with Crippen molar-refractivity contribution in [3.8, 4) is 11.5 Å². The van der Waals surface area contributed by atoms with Crippen molar-refractivity contribution in [2.75, 3.05) is 4.90 Å². The fourth-order valence-corrected chi connectivity index (χ4v) is 3.59. The molecule has 0 spiro atoms. The highest BCUT2D eigenvalue weighted by Gasteiger charge is 2.37. The molecule has 1 N–H and O–H groups in total. The summed E-state index contributed by atoms with van der Waals surface area (Å²) in [4.78, 5) is 48.6. The first-order valence-electron chi connectivity index (χ1n) is 10.2. The second kappa shape index (κ2) is 9.85. The molecule has 1 heterocycles. The summed E-state index contributed by atoms with van der Waals surface area (Å²) in [6.07, 6.45) is -3.53. The predicted molar refractivity (Wildman–Crippen MR) is 128 cm³/mol. The van der Waals surface area contributed by atoms with Gasteiger partial charge in [0.1, 0.15) is 11.3 Å². The Labute approximate surface area is 214 Å². The number of hydrogen-bond acceptors (Lipinski definition) is 6. The number of ether oxygens (including phenoxy) is 1. The number of imide groups is 2. The summed E-state index contributed by atoms with van der Waals surface area (Å²) in [5.41, 5.74) is -1.80. The minimum Gasteiger partial charge on any atom is -0.450 e. The number of benzene rings is 3. The van der Waals surface area contributed by atoms with E-state index in [-0.39, 0.29) is 17.0 Å². The van der Waals surface area contributed by atoms with Crippen molar-refractivity contribution in [3.05, 3.63) is 98.0 Å². The van der Waals surface area contributed by atoms with E-state index in [1.54, 1.807) is 12.1 Å². The van der Waals surface area contributed by atoms with Gasteiger partial charge in [0.05, 0.1) is 16.2 Å². The van der Waals surface area contributed by atoms with Crippen LogP contribution in [0.3, 0.4) is 0 Å². The number of rotatable bonds is 5. The van der Waals surface area contributed by atoms with Crippen molar-refractivity contribution < 1.29 is 37.2 Å². The van der Waals surface area contributed by atoms with Crippen LogP contribution in [-0.2, 0) is 15.8 Å². The second-order valence-corrected chi connectivity index (χ2v) is 8.46. The minimum absolute atomic E-state index is 0.0519. The zero-order chi connectivity index (χ0) is 26.9. The summed E-state index contributed by atoms with van der Waals surface area (Å²) >= 11 is 3.26. The molecule has 4 amide bonds. The van der Waals surface area contributed by atoms with E-state index < -0.39 is 45.9 Å². The number of hydrogen-bond donors (Lipinski definition) is 1. The molecule has 188 valence electrons. The molecule has 1 aliphatic rings. The number of carbonyl (C=O) groups excluding carboxylic acids is 3. The Morgan fingerprint density at radius 2 is 1.62 bits per heavy atom. The molecule has 0 aromatic heterocycles. The number of anilines is 1. The SMILES string of the molecule is O=C1NC(=O)N(c2ccc(Br)cc2)C(=O)/C1=C/c1ccc(Oc2ccc(C(F)(F)F)cc2[N+](=O)[O-])cc1. The average molecular weight is 576 g/mol. The highest BCUT2D eigenvalue weighted by molar-refractivity contribution is 9.10. The van der Waals surface area contributed by atoms with Gasteiger partial charge in [-0.15, -0.1) is 0 Å². The molecule has 37 heavy (non-hydrogen) atoms. The number of nitro benzene ring substituents is 1. The van der Waals surface area contributed by atoms with Gasteiger partial charge in [0.15, 0.2) is 0 Å². The Morgan fingerprint density at radius 3 is 2.22 bits per heavy atom. The Hall–Kier alpha value is -4.52. The van der Waals surface area contributed by atoms with Crippen LogP contribution in [0.5, 0.6) is 11.5 Å². The van der Waals surface area contributed by atoms with Crippen molar-refractivity contribution in [1.82, 2.24) is 5.32 Å². The first kappa shape index (κ1) is 25.6. The normalized spacial score (nSPS) is 15.1. The van der Waals surface area contributed by atoms with Gasteiger partial charge in [0.25, 0.3) is 11.8 Å². The van der Waals surface area contributed by atoms with Gasteiger partial charge in [-0.1, -0.05) is 28.1 Å². The molecule has 4 rings (SSSR count). The fraction of sp³-hybridized carbons (Fsp3) is 0.0417. The molecule has 0 aliphatic carbocycles. The van der Waals surface area contributed by atoms with Crippen molar-refractivity contribution in [2.45, 2.75) is 6.18 Å². The quantitative estimate of drug-likeness (QED) is 0.177. The number of amides is 4. The van der Waals surface area contributed by atoms with Crippen LogP contribution < -0.4 is 15.0 Å². The molecular formula is C24H13BrF3N3O6. The lowest BCUT2D eigenvalue weighted by atomic mass is 10.1. The van der Waals surface area contributed by atoms with Crippen LogP contribution in [0.25, 0.3) is 6.08 Å². The summed E-state index contributed by atoms with van der Waals surface area (Å²) in [6, 6.07) is 12.8. The van der Waals surface area contributed by atoms with E-state index >= 15 is 0 Å². The molecule has 13 heteroatoms. The van der Waals surface area contributed by atoms with Crippen molar-refractivity contribution >= 4 is 51.2 Å².